The number of hydrogen-bond donors (Lipinski definition) is 1. The first-order chi connectivity index (χ1) is 10.1. The van der Waals surface area contributed by atoms with Crippen molar-refractivity contribution in [2.45, 2.75) is 63.2 Å². The van der Waals surface area contributed by atoms with E-state index in [0.29, 0.717) is 0 Å². The van der Waals surface area contributed by atoms with Gasteiger partial charge in [0.1, 0.15) is 11.9 Å². The van der Waals surface area contributed by atoms with Gasteiger partial charge in [-0.2, -0.15) is 0 Å². The second kappa shape index (κ2) is 6.27. The zero-order chi connectivity index (χ0) is 14.9. The second-order valence-corrected chi connectivity index (χ2v) is 7.42. The van der Waals surface area contributed by atoms with Gasteiger partial charge in [0.05, 0.1) is 16.7 Å². The Bertz CT molecular complexity index is 500. The number of nitrogens with two attached hydrogens (primary N) is 1. The summed E-state index contributed by atoms with van der Waals surface area (Å²) in [4.78, 5) is 0. The van der Waals surface area contributed by atoms with Crippen LogP contribution in [0.2, 0.25) is 0 Å². The van der Waals surface area contributed by atoms with Gasteiger partial charge in [-0.1, -0.05) is 6.07 Å². The van der Waals surface area contributed by atoms with Crippen LogP contribution in [0.3, 0.4) is 0 Å². The van der Waals surface area contributed by atoms with Crippen molar-refractivity contribution in [2.24, 2.45) is 5.73 Å². The normalized spacial score (nSPS) is 25.4. The highest BCUT2D eigenvalue weighted by Gasteiger charge is 2.43. The Hall–Kier alpha value is -0.580. The van der Waals surface area contributed by atoms with Crippen molar-refractivity contribution in [3.05, 3.63) is 28.2 Å². The topological polar surface area (TPSA) is 44.5 Å². The van der Waals surface area contributed by atoms with Crippen LogP contribution in [0.15, 0.2) is 22.7 Å². The molecule has 3 nitrogen and oxygen atoms in total. The van der Waals surface area contributed by atoms with Gasteiger partial charge in [-0.15, -0.1) is 0 Å². The average molecular weight is 354 g/mol. The van der Waals surface area contributed by atoms with Crippen molar-refractivity contribution in [1.82, 2.24) is 0 Å². The van der Waals surface area contributed by atoms with Gasteiger partial charge >= 0.3 is 0 Å². The third kappa shape index (κ3) is 3.61. The summed E-state index contributed by atoms with van der Waals surface area (Å²) in [7, 11) is 0. The molecule has 1 aromatic carbocycles. The fourth-order valence-corrected chi connectivity index (χ4v) is 3.84. The highest BCUT2D eigenvalue weighted by Crippen LogP contribution is 2.43. The van der Waals surface area contributed by atoms with Crippen LogP contribution in [0.4, 0.5) is 0 Å². The predicted octanol–water partition coefficient (Wildman–Crippen LogP) is 3.82. The molecule has 4 heteroatoms. The minimum absolute atomic E-state index is 0.129. The van der Waals surface area contributed by atoms with Crippen LogP contribution in [0.25, 0.3) is 0 Å². The smallest absolute Gasteiger partial charge is 0.133 e. The Balaban J connectivity index is 1.64. The summed E-state index contributed by atoms with van der Waals surface area (Å²) in [6.07, 6.45) is 6.86. The molecule has 1 spiro atoms. The fourth-order valence-electron chi connectivity index (χ4n) is 3.32. The molecule has 1 heterocycles. The molecule has 1 aliphatic carbocycles. The minimum atomic E-state index is 0.129. The Morgan fingerprint density at radius 3 is 2.90 bits per heavy atom. The first kappa shape index (κ1) is 15.3. The Morgan fingerprint density at radius 2 is 2.29 bits per heavy atom. The molecule has 116 valence electrons. The first-order valence-electron chi connectivity index (χ1n) is 7.91. The molecule has 2 fully saturated rings. The van der Waals surface area contributed by atoms with Crippen molar-refractivity contribution in [3.8, 4) is 5.75 Å². The lowest BCUT2D eigenvalue weighted by molar-refractivity contribution is -0.153. The van der Waals surface area contributed by atoms with Crippen LogP contribution < -0.4 is 10.5 Å². The molecule has 0 aromatic heterocycles. The maximum absolute atomic E-state index is 6.22. The quantitative estimate of drug-likeness (QED) is 0.894. The molecule has 1 saturated heterocycles. The largest absolute Gasteiger partial charge is 0.489 e. The van der Waals surface area contributed by atoms with Gasteiger partial charge in [0, 0.05) is 18.9 Å². The van der Waals surface area contributed by atoms with Gasteiger partial charge in [-0.05, 0) is 66.2 Å². The van der Waals surface area contributed by atoms with Crippen LogP contribution in [-0.4, -0.2) is 24.4 Å². The summed E-state index contributed by atoms with van der Waals surface area (Å²) in [6.45, 7) is 2.85. The lowest BCUT2D eigenvalue weighted by Crippen LogP contribution is -2.48. The number of rotatable bonds is 4. The van der Waals surface area contributed by atoms with Crippen LogP contribution >= 0.6 is 15.9 Å². The number of benzene rings is 1. The fraction of sp³-hybridized carbons (Fsp3) is 0.647. The van der Waals surface area contributed by atoms with E-state index in [1.54, 1.807) is 0 Å². The Kier molecular flexibility index (Phi) is 4.57. The third-order valence-corrected chi connectivity index (χ3v) is 5.18. The zero-order valence-electron chi connectivity index (χ0n) is 12.6. The first-order valence-corrected chi connectivity index (χ1v) is 8.70. The van der Waals surface area contributed by atoms with E-state index in [-0.39, 0.29) is 17.7 Å². The van der Waals surface area contributed by atoms with Crippen molar-refractivity contribution in [2.75, 3.05) is 6.61 Å². The van der Waals surface area contributed by atoms with Gasteiger partial charge in [-0.3, -0.25) is 0 Å². The molecule has 21 heavy (non-hydrogen) atoms. The lowest BCUT2D eigenvalue weighted by Gasteiger charge is -2.46. The summed E-state index contributed by atoms with van der Waals surface area (Å²) in [6, 6.07) is 6.47. The van der Waals surface area contributed by atoms with Crippen molar-refractivity contribution >= 4 is 15.9 Å². The van der Waals surface area contributed by atoms with E-state index in [0.717, 1.165) is 36.1 Å². The number of ether oxygens (including phenoxy) is 2. The maximum Gasteiger partial charge on any atom is 0.133 e. The van der Waals surface area contributed by atoms with Crippen molar-refractivity contribution in [1.29, 1.82) is 0 Å². The Labute approximate surface area is 135 Å². The molecule has 2 aliphatic rings. The maximum atomic E-state index is 6.22. The molecule has 2 unspecified atom stereocenters. The van der Waals surface area contributed by atoms with E-state index in [1.807, 2.05) is 6.92 Å². The molecule has 0 radical (unpaired) electrons. The van der Waals surface area contributed by atoms with E-state index >= 15 is 0 Å². The van der Waals surface area contributed by atoms with Gasteiger partial charge in [0.15, 0.2) is 0 Å². The van der Waals surface area contributed by atoms with Crippen LogP contribution in [-0.2, 0) is 11.2 Å². The number of hydrogen-bond acceptors (Lipinski definition) is 3. The third-order valence-electron chi connectivity index (χ3n) is 4.56. The van der Waals surface area contributed by atoms with Crippen LogP contribution in [0.1, 0.15) is 44.6 Å². The molecule has 2 N–H and O–H groups in total. The zero-order valence-corrected chi connectivity index (χ0v) is 14.2. The van der Waals surface area contributed by atoms with E-state index in [4.69, 9.17) is 15.2 Å². The monoisotopic (exact) mass is 353 g/mol. The van der Waals surface area contributed by atoms with E-state index < -0.39 is 0 Å². The summed E-state index contributed by atoms with van der Waals surface area (Å²) < 4.78 is 13.2. The van der Waals surface area contributed by atoms with Crippen molar-refractivity contribution in [3.63, 3.8) is 0 Å². The molecule has 2 atom stereocenters. The lowest BCUT2D eigenvalue weighted by atomic mass is 9.74. The van der Waals surface area contributed by atoms with E-state index in [9.17, 15) is 0 Å². The summed E-state index contributed by atoms with van der Waals surface area (Å²) in [5.74, 6) is 0.935. The van der Waals surface area contributed by atoms with E-state index in [2.05, 4.69) is 34.1 Å². The molecule has 1 saturated carbocycles. The molecule has 3 rings (SSSR count). The van der Waals surface area contributed by atoms with Gasteiger partial charge in [-0.25, -0.2) is 0 Å². The van der Waals surface area contributed by atoms with Gasteiger partial charge in [0.25, 0.3) is 0 Å². The molecule has 1 aromatic rings. The summed E-state index contributed by atoms with van der Waals surface area (Å²) in [5, 5.41) is 0. The van der Waals surface area contributed by atoms with Crippen molar-refractivity contribution < 1.29 is 9.47 Å². The van der Waals surface area contributed by atoms with Gasteiger partial charge < -0.3 is 15.2 Å². The SMILES string of the molecule is CC(N)Cc1ccc(OC2CCOC3(CCC3)C2)c(Br)c1. The highest BCUT2D eigenvalue weighted by atomic mass is 79.9. The highest BCUT2D eigenvalue weighted by molar-refractivity contribution is 9.10. The molecular weight excluding hydrogens is 330 g/mol. The minimum Gasteiger partial charge on any atom is -0.489 e. The molecule has 1 aliphatic heterocycles. The summed E-state index contributed by atoms with van der Waals surface area (Å²) in [5.41, 5.74) is 7.22. The van der Waals surface area contributed by atoms with Gasteiger partial charge in [0.2, 0.25) is 0 Å². The molecular formula is C17H24BrNO2. The molecule has 0 bridgehead atoms. The summed E-state index contributed by atoms with van der Waals surface area (Å²) >= 11 is 3.63. The van der Waals surface area contributed by atoms with Crippen LogP contribution in [0.5, 0.6) is 5.75 Å². The standard InChI is InChI=1S/C17H24BrNO2/c1-12(19)9-13-3-4-16(15(18)10-13)21-14-5-8-20-17(11-14)6-2-7-17/h3-4,10,12,14H,2,5-9,11,19H2,1H3. The van der Waals surface area contributed by atoms with E-state index in [1.165, 1.54) is 24.8 Å². The Morgan fingerprint density at radius 1 is 1.48 bits per heavy atom. The second-order valence-electron chi connectivity index (χ2n) is 6.56. The molecule has 0 amide bonds. The number of halogens is 1. The predicted molar refractivity (Wildman–Crippen MR) is 87.7 cm³/mol. The average Bonchev–Trinajstić information content (AvgIpc) is 2.40. The van der Waals surface area contributed by atoms with Crippen LogP contribution in [0, 0.1) is 0 Å².